The minimum atomic E-state index is -0.115. The molecule has 1 unspecified atom stereocenters. The lowest BCUT2D eigenvalue weighted by Crippen LogP contribution is -2.51. The van der Waals surface area contributed by atoms with Crippen LogP contribution in [0.15, 0.2) is 48.7 Å². The summed E-state index contributed by atoms with van der Waals surface area (Å²) in [4.78, 5) is 20.4. The molecule has 0 aliphatic carbocycles. The molecule has 0 radical (unpaired) electrons. The second-order valence-corrected chi connectivity index (χ2v) is 11.1. The Morgan fingerprint density at radius 2 is 1.90 bits per heavy atom. The van der Waals surface area contributed by atoms with Crippen LogP contribution in [-0.4, -0.2) is 90.5 Å². The van der Waals surface area contributed by atoms with E-state index in [0.717, 1.165) is 42.2 Å². The van der Waals surface area contributed by atoms with Gasteiger partial charge in [0.2, 0.25) is 5.88 Å². The number of carbonyl (C=O) groups excluding carboxylic acids is 1. The van der Waals surface area contributed by atoms with Crippen molar-refractivity contribution >= 4 is 5.91 Å². The summed E-state index contributed by atoms with van der Waals surface area (Å²) in [5, 5.41) is 4.64. The molecular formula is C30H34N4O6. The molecule has 2 aromatic heterocycles. The number of fused-ring (bicyclic) bond motifs is 2. The molecule has 1 aromatic carbocycles. The van der Waals surface area contributed by atoms with Crippen LogP contribution < -0.4 is 9.47 Å². The van der Waals surface area contributed by atoms with Crippen molar-refractivity contribution in [3.8, 4) is 22.9 Å². The van der Waals surface area contributed by atoms with Gasteiger partial charge in [0, 0.05) is 49.2 Å². The lowest BCUT2D eigenvalue weighted by Gasteiger charge is -2.39. The minimum absolute atomic E-state index is 0.0482. The third kappa shape index (κ3) is 5.31. The Morgan fingerprint density at radius 1 is 1.02 bits per heavy atom. The number of rotatable bonds is 9. The van der Waals surface area contributed by atoms with E-state index in [0.29, 0.717) is 76.0 Å². The predicted molar refractivity (Wildman–Crippen MR) is 144 cm³/mol. The maximum Gasteiger partial charge on any atom is 0.274 e. The number of aromatic nitrogens is 3. The number of carbonyl (C=O) groups is 1. The fourth-order valence-electron chi connectivity index (χ4n) is 5.60. The van der Waals surface area contributed by atoms with Gasteiger partial charge in [-0.3, -0.25) is 9.78 Å². The second-order valence-electron chi connectivity index (χ2n) is 11.1. The molecule has 2 saturated heterocycles. The van der Waals surface area contributed by atoms with Crippen molar-refractivity contribution in [2.24, 2.45) is 11.8 Å². The molecule has 1 amide bonds. The van der Waals surface area contributed by atoms with E-state index in [-0.39, 0.29) is 18.1 Å². The Morgan fingerprint density at radius 3 is 2.67 bits per heavy atom. The van der Waals surface area contributed by atoms with E-state index in [1.807, 2.05) is 35.2 Å². The summed E-state index contributed by atoms with van der Waals surface area (Å²) in [5.74, 6) is 2.17. The molecular weight excluding hydrogens is 512 g/mol. The monoisotopic (exact) mass is 546 g/mol. The smallest absolute Gasteiger partial charge is 0.274 e. The number of ether oxygens (including phenoxy) is 5. The zero-order valence-corrected chi connectivity index (χ0v) is 22.4. The highest BCUT2D eigenvalue weighted by molar-refractivity contribution is 5.93. The fourth-order valence-corrected chi connectivity index (χ4v) is 5.60. The molecule has 40 heavy (non-hydrogen) atoms. The zero-order valence-electron chi connectivity index (χ0n) is 22.4. The molecule has 2 fully saturated rings. The molecule has 6 heterocycles. The van der Waals surface area contributed by atoms with Crippen LogP contribution >= 0.6 is 0 Å². The maximum absolute atomic E-state index is 14.0. The van der Waals surface area contributed by atoms with Crippen molar-refractivity contribution in [1.82, 2.24) is 19.7 Å². The van der Waals surface area contributed by atoms with Gasteiger partial charge >= 0.3 is 0 Å². The third-order valence-electron chi connectivity index (χ3n) is 8.05. The largest absolute Gasteiger partial charge is 0.491 e. The van der Waals surface area contributed by atoms with Gasteiger partial charge in [-0.05, 0) is 42.3 Å². The Labute approximate surface area is 233 Å². The van der Waals surface area contributed by atoms with E-state index in [2.05, 4.69) is 16.1 Å². The highest BCUT2D eigenvalue weighted by Crippen LogP contribution is 2.32. The van der Waals surface area contributed by atoms with Gasteiger partial charge in [0.1, 0.15) is 18.5 Å². The average molecular weight is 547 g/mol. The Balaban J connectivity index is 1.06. The zero-order chi connectivity index (χ0) is 26.9. The summed E-state index contributed by atoms with van der Waals surface area (Å²) >= 11 is 0. The first-order valence-electron chi connectivity index (χ1n) is 14.2. The van der Waals surface area contributed by atoms with Crippen LogP contribution in [0.4, 0.5) is 0 Å². The average Bonchev–Trinajstić information content (AvgIpc) is 3.37. The van der Waals surface area contributed by atoms with E-state index < -0.39 is 0 Å². The molecule has 10 nitrogen and oxygen atoms in total. The van der Waals surface area contributed by atoms with Gasteiger partial charge in [0.15, 0.2) is 5.69 Å². The lowest BCUT2D eigenvalue weighted by molar-refractivity contribution is -0.0823. The third-order valence-corrected chi connectivity index (χ3v) is 8.05. The normalized spacial score (nSPS) is 22.2. The maximum atomic E-state index is 14.0. The second kappa shape index (κ2) is 11.2. The summed E-state index contributed by atoms with van der Waals surface area (Å²) < 4.78 is 30.6. The van der Waals surface area contributed by atoms with Gasteiger partial charge in [-0.25, -0.2) is 4.68 Å². The van der Waals surface area contributed by atoms with Crippen LogP contribution in [0.1, 0.15) is 22.5 Å². The number of aryl methyl sites for hydroxylation is 1. The van der Waals surface area contributed by atoms with E-state index in [4.69, 9.17) is 23.7 Å². The van der Waals surface area contributed by atoms with Gasteiger partial charge in [0.25, 0.3) is 5.91 Å². The predicted octanol–water partition coefficient (Wildman–Crippen LogP) is 2.85. The molecule has 0 saturated carbocycles. The summed E-state index contributed by atoms with van der Waals surface area (Å²) in [6.07, 6.45) is 3.24. The van der Waals surface area contributed by atoms with Crippen LogP contribution in [-0.2, 0) is 27.2 Å². The quantitative estimate of drug-likeness (QED) is 0.404. The number of benzene rings is 1. The highest BCUT2D eigenvalue weighted by atomic mass is 16.5. The van der Waals surface area contributed by atoms with Crippen LogP contribution in [0.3, 0.4) is 0 Å². The van der Waals surface area contributed by atoms with Crippen molar-refractivity contribution in [2.45, 2.75) is 31.5 Å². The van der Waals surface area contributed by atoms with E-state index >= 15 is 0 Å². The summed E-state index contributed by atoms with van der Waals surface area (Å²) in [7, 11) is 0. The topological polar surface area (TPSA) is 97.2 Å². The Bertz CT molecular complexity index is 1340. The first kappa shape index (κ1) is 25.5. The van der Waals surface area contributed by atoms with Gasteiger partial charge < -0.3 is 28.6 Å². The molecule has 210 valence electrons. The van der Waals surface area contributed by atoms with E-state index in [1.54, 1.807) is 16.9 Å². The van der Waals surface area contributed by atoms with Crippen LogP contribution in [0.25, 0.3) is 11.3 Å². The minimum Gasteiger partial charge on any atom is -0.491 e. The van der Waals surface area contributed by atoms with Crippen molar-refractivity contribution in [3.05, 3.63) is 59.9 Å². The van der Waals surface area contributed by atoms with E-state index in [9.17, 15) is 4.79 Å². The Kier molecular flexibility index (Phi) is 7.13. The summed E-state index contributed by atoms with van der Waals surface area (Å²) in [6, 6.07) is 13.7. The molecule has 10 heteroatoms. The molecule has 7 rings (SSSR count). The van der Waals surface area contributed by atoms with E-state index in [1.165, 1.54) is 0 Å². The summed E-state index contributed by atoms with van der Waals surface area (Å²) in [6.45, 7) is 5.82. The van der Waals surface area contributed by atoms with Gasteiger partial charge in [-0.15, -0.1) is 0 Å². The van der Waals surface area contributed by atoms with Crippen molar-refractivity contribution < 1.29 is 28.5 Å². The molecule has 0 bridgehead atoms. The highest BCUT2D eigenvalue weighted by Gasteiger charge is 2.35. The molecule has 0 N–H and O–H groups in total. The lowest BCUT2D eigenvalue weighted by atomic mass is 9.96. The molecule has 4 aliphatic heterocycles. The van der Waals surface area contributed by atoms with Crippen molar-refractivity contribution in [1.29, 1.82) is 0 Å². The first-order valence-corrected chi connectivity index (χ1v) is 14.2. The number of hydrogen-bond acceptors (Lipinski definition) is 8. The number of amides is 1. The van der Waals surface area contributed by atoms with Crippen molar-refractivity contribution in [3.63, 3.8) is 0 Å². The Hall–Kier alpha value is -3.47. The van der Waals surface area contributed by atoms with Crippen LogP contribution in [0, 0.1) is 11.8 Å². The van der Waals surface area contributed by atoms with Crippen molar-refractivity contribution in [2.75, 3.05) is 52.8 Å². The molecule has 0 spiro atoms. The summed E-state index contributed by atoms with van der Waals surface area (Å²) in [5.41, 5.74) is 3.42. The van der Waals surface area contributed by atoms with Crippen LogP contribution in [0.2, 0.25) is 0 Å². The molecule has 3 aromatic rings. The molecule has 2 atom stereocenters. The van der Waals surface area contributed by atoms with Gasteiger partial charge in [-0.1, -0.05) is 6.07 Å². The standard InChI is InChI=1S/C30H34N4O6/c35-30(27-11-29-34(32-27)8-6-25(40-29)19-38-17-21-15-37-16-21)33(12-20-13-36-14-20)24-10-23-9-22(4-5-28(23)39-18-24)26-3-1-2-7-31-26/h1-5,7,9,11,20-21,24-25H,6,8,10,12-19H2/t24-,25?/m1/s1. The SMILES string of the molecule is O=C(c1cc2n(n1)CCC(COCC1COC1)O2)N(CC1COC1)[C@H]1COc2ccc(-c3ccccn3)cc2C1. The number of hydrogen-bond donors (Lipinski definition) is 0. The van der Waals surface area contributed by atoms with Gasteiger partial charge in [-0.2, -0.15) is 5.10 Å². The van der Waals surface area contributed by atoms with Gasteiger partial charge in [0.05, 0.1) is 51.4 Å². The first-order chi connectivity index (χ1) is 19.7. The number of nitrogens with zero attached hydrogens (tertiary/aromatic N) is 4. The van der Waals surface area contributed by atoms with Crippen LogP contribution in [0.5, 0.6) is 11.6 Å². The molecule has 4 aliphatic rings. The number of pyridine rings is 1. The fraction of sp³-hybridized carbons (Fsp3) is 0.500.